The summed E-state index contributed by atoms with van der Waals surface area (Å²) in [6, 6.07) is 8.48. The Morgan fingerprint density at radius 1 is 1.21 bits per heavy atom. The number of quaternary nitrogens is 1. The van der Waals surface area contributed by atoms with E-state index in [1.807, 2.05) is 35.6 Å². The number of nitrogens with one attached hydrogen (secondary N) is 1. The van der Waals surface area contributed by atoms with Gasteiger partial charge in [-0.25, -0.2) is 4.79 Å². The molecule has 0 fully saturated rings. The van der Waals surface area contributed by atoms with E-state index in [0.29, 0.717) is 6.04 Å². The number of benzene rings is 1. The third-order valence-corrected chi connectivity index (χ3v) is 3.20. The molecule has 5 N–H and O–H groups in total. The van der Waals surface area contributed by atoms with E-state index in [4.69, 9.17) is 5.73 Å². The van der Waals surface area contributed by atoms with Crippen LogP contribution < -0.4 is 16.4 Å². The van der Waals surface area contributed by atoms with E-state index in [9.17, 15) is 9.59 Å². The van der Waals surface area contributed by atoms with Gasteiger partial charge in [0.1, 0.15) is 0 Å². The maximum Gasteiger partial charge on any atom is 0.319 e. The van der Waals surface area contributed by atoms with Gasteiger partial charge in [0.15, 0.2) is 6.04 Å². The molecule has 0 spiro atoms. The summed E-state index contributed by atoms with van der Waals surface area (Å²) < 4.78 is 0. The fourth-order valence-corrected chi connectivity index (χ4v) is 2.04. The molecule has 1 atom stereocenters. The normalized spacial score (nSPS) is 12.2. The summed E-state index contributed by atoms with van der Waals surface area (Å²) in [6.45, 7) is 4.16. The first-order valence-corrected chi connectivity index (χ1v) is 6.58. The molecule has 1 aromatic rings. The largest absolute Gasteiger partial charge is 0.351 e. The second-order valence-electron chi connectivity index (χ2n) is 4.51. The van der Waals surface area contributed by atoms with E-state index in [0.717, 1.165) is 18.4 Å². The van der Waals surface area contributed by atoms with Gasteiger partial charge in [0.25, 0.3) is 5.91 Å². The number of amides is 3. The van der Waals surface area contributed by atoms with Crippen molar-refractivity contribution in [2.45, 2.75) is 38.8 Å². The van der Waals surface area contributed by atoms with E-state index < -0.39 is 12.1 Å². The van der Waals surface area contributed by atoms with Crippen LogP contribution in [0, 0.1) is 0 Å². The number of primary amides is 1. The Balaban J connectivity index is 2.90. The Labute approximate surface area is 113 Å². The molecule has 0 saturated carbocycles. The quantitative estimate of drug-likeness (QED) is 0.705. The van der Waals surface area contributed by atoms with Crippen molar-refractivity contribution in [2.24, 2.45) is 5.73 Å². The molecule has 0 unspecified atom stereocenters. The van der Waals surface area contributed by atoms with Crippen molar-refractivity contribution in [1.82, 2.24) is 5.32 Å². The Hall–Kier alpha value is -1.88. The number of hydrogen-bond donors (Lipinski definition) is 3. The van der Waals surface area contributed by atoms with Gasteiger partial charge in [0.2, 0.25) is 0 Å². The summed E-state index contributed by atoms with van der Waals surface area (Å²) in [4.78, 5) is 22.9. The lowest BCUT2D eigenvalue weighted by molar-refractivity contribution is -0.716. The second kappa shape index (κ2) is 7.53. The molecule has 0 saturated heterocycles. The van der Waals surface area contributed by atoms with Gasteiger partial charge in [0.05, 0.1) is 6.04 Å². The first kappa shape index (κ1) is 15.2. The van der Waals surface area contributed by atoms with Crippen molar-refractivity contribution in [3.63, 3.8) is 0 Å². The predicted octanol–water partition coefficient (Wildman–Crippen LogP) is 0.675. The highest BCUT2D eigenvalue weighted by atomic mass is 16.2. The number of carbonyl (C=O) groups excluding carboxylic acids is 2. The van der Waals surface area contributed by atoms with E-state index in [-0.39, 0.29) is 5.91 Å². The van der Waals surface area contributed by atoms with Crippen LogP contribution in [0.5, 0.6) is 0 Å². The first-order valence-electron chi connectivity index (χ1n) is 6.58. The maximum atomic E-state index is 12.1. The van der Waals surface area contributed by atoms with Gasteiger partial charge in [-0.1, -0.05) is 44.2 Å². The number of nitrogens with two attached hydrogens (primary N) is 2. The lowest BCUT2D eigenvalue weighted by Gasteiger charge is -2.20. The van der Waals surface area contributed by atoms with Crippen molar-refractivity contribution >= 4 is 11.9 Å². The van der Waals surface area contributed by atoms with Crippen LogP contribution in [0.25, 0.3) is 0 Å². The SMILES string of the molecule is CCC(CC)[NH2+][C@H](C(=O)NC(N)=O)c1ccccc1. The van der Waals surface area contributed by atoms with Crippen molar-refractivity contribution < 1.29 is 14.9 Å². The Morgan fingerprint density at radius 3 is 2.26 bits per heavy atom. The van der Waals surface area contributed by atoms with Gasteiger partial charge in [-0.15, -0.1) is 0 Å². The molecule has 0 heterocycles. The summed E-state index contributed by atoms with van der Waals surface area (Å²) in [6.07, 6.45) is 1.92. The molecule has 0 bridgehead atoms. The zero-order valence-electron chi connectivity index (χ0n) is 11.4. The monoisotopic (exact) mass is 264 g/mol. The molecule has 5 heteroatoms. The standard InChI is InChI=1S/C14H21N3O2/c1-3-11(4-2)16-12(13(18)17-14(15)19)10-8-6-5-7-9-10/h5-9,11-12,16H,3-4H2,1-2H3,(H3,15,17,18,19)/p+1/t12-/m0/s1. The van der Waals surface area contributed by atoms with Crippen LogP contribution in [0.3, 0.4) is 0 Å². The first-order chi connectivity index (χ1) is 9.08. The van der Waals surface area contributed by atoms with Crippen LogP contribution in [0.1, 0.15) is 38.3 Å². The van der Waals surface area contributed by atoms with E-state index >= 15 is 0 Å². The van der Waals surface area contributed by atoms with Crippen LogP contribution in [-0.4, -0.2) is 18.0 Å². The molecule has 3 amide bonds. The van der Waals surface area contributed by atoms with Crippen molar-refractivity contribution in [2.75, 3.05) is 0 Å². The number of imide groups is 1. The van der Waals surface area contributed by atoms with Crippen molar-refractivity contribution in [1.29, 1.82) is 0 Å². The molecule has 1 rings (SSSR count). The third kappa shape index (κ3) is 4.71. The lowest BCUT2D eigenvalue weighted by atomic mass is 10.0. The van der Waals surface area contributed by atoms with Gasteiger partial charge in [0, 0.05) is 5.56 Å². The average Bonchev–Trinajstić information content (AvgIpc) is 2.40. The molecule has 104 valence electrons. The average molecular weight is 264 g/mol. The smallest absolute Gasteiger partial charge is 0.319 e. The Bertz CT molecular complexity index is 416. The molecule has 5 nitrogen and oxygen atoms in total. The minimum absolute atomic E-state index is 0.337. The van der Waals surface area contributed by atoms with Crippen LogP contribution in [0.2, 0.25) is 0 Å². The molecule has 0 aliphatic rings. The summed E-state index contributed by atoms with van der Waals surface area (Å²) in [5, 5.41) is 4.16. The molecule has 0 aromatic heterocycles. The van der Waals surface area contributed by atoms with Gasteiger partial charge in [-0.3, -0.25) is 10.1 Å². The van der Waals surface area contributed by atoms with Gasteiger partial charge in [-0.05, 0) is 12.8 Å². The van der Waals surface area contributed by atoms with E-state index in [2.05, 4.69) is 19.2 Å². The van der Waals surface area contributed by atoms with Crippen molar-refractivity contribution in [3.05, 3.63) is 35.9 Å². The van der Waals surface area contributed by atoms with Crippen LogP contribution in [0.15, 0.2) is 30.3 Å². The highest BCUT2D eigenvalue weighted by Gasteiger charge is 2.27. The molecular weight excluding hydrogens is 242 g/mol. The van der Waals surface area contributed by atoms with Gasteiger partial charge in [-0.2, -0.15) is 0 Å². The zero-order chi connectivity index (χ0) is 14.3. The van der Waals surface area contributed by atoms with Gasteiger partial charge >= 0.3 is 6.03 Å². The maximum absolute atomic E-state index is 12.1. The highest BCUT2D eigenvalue weighted by Crippen LogP contribution is 2.09. The molecule has 19 heavy (non-hydrogen) atoms. The third-order valence-electron chi connectivity index (χ3n) is 3.20. The fourth-order valence-electron chi connectivity index (χ4n) is 2.04. The van der Waals surface area contributed by atoms with Crippen LogP contribution in [0.4, 0.5) is 4.79 Å². The lowest BCUT2D eigenvalue weighted by Crippen LogP contribution is -2.92. The number of hydrogen-bond acceptors (Lipinski definition) is 2. The zero-order valence-corrected chi connectivity index (χ0v) is 11.4. The van der Waals surface area contributed by atoms with E-state index in [1.165, 1.54) is 0 Å². The van der Waals surface area contributed by atoms with E-state index in [1.54, 1.807) is 0 Å². The van der Waals surface area contributed by atoms with Crippen molar-refractivity contribution in [3.8, 4) is 0 Å². The minimum atomic E-state index is -0.816. The second-order valence-corrected chi connectivity index (χ2v) is 4.51. The summed E-state index contributed by atoms with van der Waals surface area (Å²) in [5.74, 6) is -0.370. The number of rotatable bonds is 6. The predicted molar refractivity (Wildman–Crippen MR) is 73.2 cm³/mol. The fraction of sp³-hybridized carbons (Fsp3) is 0.429. The molecule has 0 radical (unpaired) electrons. The number of carbonyl (C=O) groups is 2. The Morgan fingerprint density at radius 2 is 1.79 bits per heavy atom. The summed E-state index contributed by atoms with van der Waals surface area (Å²) in [7, 11) is 0. The molecule has 1 aromatic carbocycles. The summed E-state index contributed by atoms with van der Waals surface area (Å²) >= 11 is 0. The minimum Gasteiger partial charge on any atom is -0.351 e. The molecular formula is C14H22N3O2+. The summed E-state index contributed by atoms with van der Waals surface area (Å²) in [5.41, 5.74) is 5.89. The Kier molecular flexibility index (Phi) is 6.02. The van der Waals surface area contributed by atoms with Gasteiger partial charge < -0.3 is 11.1 Å². The van der Waals surface area contributed by atoms with Crippen LogP contribution >= 0.6 is 0 Å². The van der Waals surface area contributed by atoms with Crippen LogP contribution in [-0.2, 0) is 4.79 Å². The molecule has 0 aliphatic carbocycles. The topological polar surface area (TPSA) is 88.8 Å². The highest BCUT2D eigenvalue weighted by molar-refractivity contribution is 5.96. The number of urea groups is 1. The molecule has 0 aliphatic heterocycles.